The third-order valence-corrected chi connectivity index (χ3v) is 6.29. The molecule has 0 aliphatic heterocycles. The Morgan fingerprint density at radius 2 is 1.76 bits per heavy atom. The van der Waals surface area contributed by atoms with E-state index in [-0.39, 0.29) is 26.0 Å². The van der Waals surface area contributed by atoms with Crippen molar-refractivity contribution in [2.75, 3.05) is 17.7 Å². The predicted molar refractivity (Wildman–Crippen MR) is 126 cm³/mol. The van der Waals surface area contributed by atoms with E-state index in [0.29, 0.717) is 11.3 Å². The van der Waals surface area contributed by atoms with Gasteiger partial charge in [0, 0.05) is 17.3 Å². The highest BCUT2D eigenvalue weighted by Gasteiger charge is 2.27. The van der Waals surface area contributed by atoms with E-state index in [1.807, 2.05) is 19.1 Å². The van der Waals surface area contributed by atoms with Crippen LogP contribution in [0.4, 0.5) is 16.4 Å². The number of thiophene rings is 1. The van der Waals surface area contributed by atoms with Crippen LogP contribution in [0.3, 0.4) is 0 Å². The number of nitro groups is 1. The summed E-state index contributed by atoms with van der Waals surface area (Å²) in [6.45, 7) is 3.41. The number of hydrogen-bond acceptors (Lipinski definition) is 7. The largest absolute Gasteiger partial charge is 0.465 e. The molecule has 2 N–H and O–H groups in total. The molecular weight excluding hydrogens is 470 g/mol. The first-order chi connectivity index (χ1) is 15.6. The summed E-state index contributed by atoms with van der Waals surface area (Å²) in [6, 6.07) is 10.8. The maximum atomic E-state index is 12.9. The van der Waals surface area contributed by atoms with E-state index >= 15 is 0 Å². The molecule has 2 aromatic carbocycles. The van der Waals surface area contributed by atoms with Crippen LogP contribution in [0.15, 0.2) is 42.5 Å². The zero-order chi connectivity index (χ0) is 24.3. The number of amides is 2. The lowest BCUT2D eigenvalue weighted by Gasteiger charge is -2.07. The van der Waals surface area contributed by atoms with Gasteiger partial charge in [0.15, 0.2) is 0 Å². The highest BCUT2D eigenvalue weighted by atomic mass is 35.5. The number of anilines is 2. The minimum atomic E-state index is -0.740. The van der Waals surface area contributed by atoms with Gasteiger partial charge in [-0.2, -0.15) is 0 Å². The lowest BCUT2D eigenvalue weighted by atomic mass is 10.1. The number of nitro benzene ring substituents is 1. The van der Waals surface area contributed by atoms with E-state index in [1.54, 1.807) is 19.1 Å². The van der Waals surface area contributed by atoms with Gasteiger partial charge in [-0.1, -0.05) is 29.8 Å². The Morgan fingerprint density at radius 3 is 2.39 bits per heavy atom. The molecule has 1 aromatic heterocycles. The third-order valence-electron chi connectivity index (χ3n) is 4.77. The monoisotopic (exact) mass is 487 g/mol. The van der Waals surface area contributed by atoms with E-state index < -0.39 is 28.4 Å². The van der Waals surface area contributed by atoms with E-state index in [2.05, 4.69) is 10.6 Å². The third kappa shape index (κ3) is 5.02. The molecule has 0 aliphatic rings. The molecule has 9 nitrogen and oxygen atoms in total. The molecule has 1 heterocycles. The zero-order valence-corrected chi connectivity index (χ0v) is 19.3. The van der Waals surface area contributed by atoms with Gasteiger partial charge >= 0.3 is 5.97 Å². The minimum absolute atomic E-state index is 0.0225. The van der Waals surface area contributed by atoms with E-state index in [4.69, 9.17) is 16.3 Å². The van der Waals surface area contributed by atoms with Crippen molar-refractivity contribution in [3.8, 4) is 0 Å². The highest BCUT2D eigenvalue weighted by Crippen LogP contribution is 2.35. The second kappa shape index (κ2) is 9.80. The highest BCUT2D eigenvalue weighted by molar-refractivity contribution is 7.19. The first kappa shape index (κ1) is 23.9. The van der Waals surface area contributed by atoms with Crippen LogP contribution in [-0.2, 0) is 4.74 Å². The number of ether oxygens (including phenoxy) is 1. The van der Waals surface area contributed by atoms with Gasteiger partial charge in [-0.25, -0.2) is 4.79 Å². The van der Waals surface area contributed by atoms with Crippen LogP contribution in [0.2, 0.25) is 5.02 Å². The molecule has 0 radical (unpaired) electrons. The maximum Gasteiger partial charge on any atom is 0.341 e. The number of nitrogens with zero attached hydrogens (tertiary/aromatic N) is 1. The number of benzene rings is 2. The van der Waals surface area contributed by atoms with Crippen LogP contribution >= 0.6 is 22.9 Å². The number of carbonyl (C=O) groups excluding carboxylic acids is 3. The Morgan fingerprint density at radius 1 is 1.06 bits per heavy atom. The van der Waals surface area contributed by atoms with Crippen LogP contribution in [-0.4, -0.2) is 29.8 Å². The standard InChI is InChI=1S/C22H18ClN3O6S/c1-11-6-4-5-7-15(11)24-20(28)18-12(2)17(22(29)32-3)21(33-18)25-19(27)13-8-9-14(23)16(10-13)26(30)31/h4-10H,1-3H3,(H,24,28)(H,25,27). The molecule has 0 saturated heterocycles. The number of para-hydroxylation sites is 1. The summed E-state index contributed by atoms with van der Waals surface area (Å²) in [5.41, 5.74) is 1.33. The summed E-state index contributed by atoms with van der Waals surface area (Å²) in [7, 11) is 1.18. The van der Waals surface area contributed by atoms with Gasteiger partial charge in [-0.15, -0.1) is 11.3 Å². The molecule has 11 heteroatoms. The van der Waals surface area contributed by atoms with Crippen molar-refractivity contribution >= 4 is 57.1 Å². The molecule has 0 unspecified atom stereocenters. The van der Waals surface area contributed by atoms with E-state index in [0.717, 1.165) is 23.0 Å². The summed E-state index contributed by atoms with van der Waals surface area (Å²) in [5, 5.41) is 16.4. The molecule has 3 aromatic rings. The van der Waals surface area contributed by atoms with E-state index in [9.17, 15) is 24.5 Å². The van der Waals surface area contributed by atoms with Crippen molar-refractivity contribution in [3.05, 3.63) is 84.7 Å². The van der Waals surface area contributed by atoms with Gasteiger partial charge in [0.1, 0.15) is 10.0 Å². The fraction of sp³-hybridized carbons (Fsp3) is 0.136. The first-order valence-corrected chi connectivity index (χ1v) is 10.7. The summed E-state index contributed by atoms with van der Waals surface area (Å²) >= 11 is 6.70. The van der Waals surface area contributed by atoms with Crippen molar-refractivity contribution in [1.82, 2.24) is 0 Å². The molecule has 0 aliphatic carbocycles. The van der Waals surface area contributed by atoms with Gasteiger partial charge < -0.3 is 15.4 Å². The van der Waals surface area contributed by atoms with Crippen molar-refractivity contribution in [3.63, 3.8) is 0 Å². The number of halogens is 1. The van der Waals surface area contributed by atoms with Crippen LogP contribution < -0.4 is 10.6 Å². The van der Waals surface area contributed by atoms with Crippen molar-refractivity contribution in [2.45, 2.75) is 13.8 Å². The number of methoxy groups -OCH3 is 1. The summed E-state index contributed by atoms with van der Waals surface area (Å²) < 4.78 is 4.82. The minimum Gasteiger partial charge on any atom is -0.465 e. The van der Waals surface area contributed by atoms with Crippen LogP contribution in [0.5, 0.6) is 0 Å². The Balaban J connectivity index is 1.96. The van der Waals surface area contributed by atoms with Crippen LogP contribution in [0.1, 0.15) is 41.5 Å². The van der Waals surface area contributed by atoms with Gasteiger partial charge in [0.05, 0.1) is 22.5 Å². The normalized spacial score (nSPS) is 10.4. The van der Waals surface area contributed by atoms with E-state index in [1.165, 1.54) is 19.2 Å². The average molecular weight is 488 g/mol. The number of esters is 1. The topological polar surface area (TPSA) is 128 Å². The van der Waals surface area contributed by atoms with Crippen molar-refractivity contribution in [2.24, 2.45) is 0 Å². The molecule has 33 heavy (non-hydrogen) atoms. The zero-order valence-electron chi connectivity index (χ0n) is 17.7. The number of rotatable bonds is 6. The first-order valence-electron chi connectivity index (χ1n) is 9.48. The van der Waals surface area contributed by atoms with Crippen LogP contribution in [0.25, 0.3) is 0 Å². The molecular formula is C22H18ClN3O6S. The second-order valence-corrected chi connectivity index (χ2v) is 8.33. The molecule has 2 amide bonds. The number of carbonyl (C=O) groups is 3. The van der Waals surface area contributed by atoms with Crippen LogP contribution in [0, 0.1) is 24.0 Å². The maximum absolute atomic E-state index is 12.9. The Kier molecular flexibility index (Phi) is 7.10. The Labute approximate surface area is 197 Å². The van der Waals surface area contributed by atoms with Crippen molar-refractivity contribution in [1.29, 1.82) is 0 Å². The molecule has 0 bridgehead atoms. The molecule has 0 spiro atoms. The average Bonchev–Trinajstić information content (AvgIpc) is 3.10. The van der Waals surface area contributed by atoms with Gasteiger partial charge in [0.25, 0.3) is 17.5 Å². The fourth-order valence-corrected chi connectivity index (χ4v) is 4.30. The summed E-state index contributed by atoms with van der Waals surface area (Å²) in [6.07, 6.45) is 0. The lowest BCUT2D eigenvalue weighted by molar-refractivity contribution is -0.384. The molecule has 0 saturated carbocycles. The Hall–Kier alpha value is -3.76. The SMILES string of the molecule is COC(=O)c1c(NC(=O)c2ccc(Cl)c([N+](=O)[O-])c2)sc(C(=O)Nc2ccccc2C)c1C. The number of hydrogen-bond donors (Lipinski definition) is 2. The van der Waals surface area contributed by atoms with Gasteiger partial charge in [0.2, 0.25) is 0 Å². The molecule has 0 atom stereocenters. The molecule has 3 rings (SSSR count). The number of aryl methyl sites for hydroxylation is 1. The number of nitrogens with one attached hydrogen (secondary N) is 2. The van der Waals surface area contributed by atoms with Crippen molar-refractivity contribution < 1.29 is 24.0 Å². The van der Waals surface area contributed by atoms with Gasteiger partial charge in [-0.05, 0) is 43.2 Å². The smallest absolute Gasteiger partial charge is 0.341 e. The lowest BCUT2D eigenvalue weighted by Crippen LogP contribution is -2.15. The quantitative estimate of drug-likeness (QED) is 0.279. The fourth-order valence-electron chi connectivity index (χ4n) is 3.03. The van der Waals surface area contributed by atoms with Gasteiger partial charge in [-0.3, -0.25) is 19.7 Å². The molecule has 170 valence electrons. The second-order valence-electron chi connectivity index (χ2n) is 6.90. The summed E-state index contributed by atoms with van der Waals surface area (Å²) in [5.74, 6) is -1.91. The summed E-state index contributed by atoms with van der Waals surface area (Å²) in [4.78, 5) is 48.7. The molecule has 0 fully saturated rings. The predicted octanol–water partition coefficient (Wildman–Crippen LogP) is 5.22. The Bertz CT molecular complexity index is 1290.